The van der Waals surface area contributed by atoms with E-state index in [0.29, 0.717) is 26.2 Å². The second-order valence-corrected chi connectivity index (χ2v) is 7.20. The maximum atomic E-state index is 11.8. The summed E-state index contributed by atoms with van der Waals surface area (Å²) >= 11 is 0. The fourth-order valence-electron chi connectivity index (χ4n) is 2.18. The molecule has 0 aromatic rings. The Morgan fingerprint density at radius 2 is 1.90 bits per heavy atom. The fraction of sp³-hybridized carbons (Fsp3) is 0.929. The van der Waals surface area contributed by atoms with E-state index in [-0.39, 0.29) is 12.1 Å². The summed E-state index contributed by atoms with van der Waals surface area (Å²) in [5, 5.41) is 13.5. The average Bonchev–Trinajstić information content (AvgIpc) is 2.08. The minimum absolute atomic E-state index is 0.233. The van der Waals surface area contributed by atoms with E-state index in [4.69, 9.17) is 4.74 Å². The zero-order valence-electron chi connectivity index (χ0n) is 13.6. The van der Waals surface area contributed by atoms with E-state index in [2.05, 4.69) is 5.32 Å². The van der Waals surface area contributed by atoms with Crippen LogP contribution in [0.4, 0.5) is 4.79 Å². The maximum Gasteiger partial charge on any atom is 0.410 e. The molecule has 1 amide bonds. The molecule has 0 aliphatic carbocycles. The number of hydrogen-bond donors (Lipinski definition) is 2. The van der Waals surface area contributed by atoms with Gasteiger partial charge in [0, 0.05) is 32.2 Å². The standard InChI is InChI=1S/C14H29N3O3/c1-13(2,3)20-12(18)17-7-11(8-17)15-9-14(4,19)10-16(5)6/h11,15,19H,7-10H2,1-6H3. The first-order chi connectivity index (χ1) is 8.98. The van der Waals surface area contributed by atoms with Crippen LogP contribution >= 0.6 is 0 Å². The first-order valence-corrected chi connectivity index (χ1v) is 7.07. The summed E-state index contributed by atoms with van der Waals surface area (Å²) in [6.45, 7) is 9.77. The van der Waals surface area contributed by atoms with Gasteiger partial charge in [0.1, 0.15) is 5.60 Å². The predicted molar refractivity (Wildman–Crippen MR) is 78.8 cm³/mol. The number of nitrogens with one attached hydrogen (secondary N) is 1. The molecular formula is C14H29N3O3. The molecule has 1 saturated heterocycles. The summed E-state index contributed by atoms with van der Waals surface area (Å²) in [4.78, 5) is 15.4. The predicted octanol–water partition coefficient (Wildman–Crippen LogP) is 0.508. The largest absolute Gasteiger partial charge is 0.444 e. The Morgan fingerprint density at radius 3 is 2.35 bits per heavy atom. The van der Waals surface area contributed by atoms with E-state index in [9.17, 15) is 9.90 Å². The highest BCUT2D eigenvalue weighted by molar-refractivity contribution is 5.69. The lowest BCUT2D eigenvalue weighted by molar-refractivity contribution is -0.00243. The molecule has 1 heterocycles. The van der Waals surface area contributed by atoms with E-state index in [1.54, 1.807) is 4.90 Å². The quantitative estimate of drug-likeness (QED) is 0.771. The van der Waals surface area contributed by atoms with Crippen molar-refractivity contribution in [1.82, 2.24) is 15.1 Å². The van der Waals surface area contributed by atoms with Gasteiger partial charge >= 0.3 is 6.09 Å². The van der Waals surface area contributed by atoms with Crippen LogP contribution in [0.1, 0.15) is 27.7 Å². The van der Waals surface area contributed by atoms with Gasteiger partial charge in [-0.1, -0.05) is 0 Å². The van der Waals surface area contributed by atoms with Crippen LogP contribution in [0.15, 0.2) is 0 Å². The molecule has 1 aliphatic rings. The molecule has 6 nitrogen and oxygen atoms in total. The molecule has 1 unspecified atom stereocenters. The van der Waals surface area contributed by atoms with Crippen molar-refractivity contribution in [2.75, 3.05) is 40.3 Å². The number of rotatable bonds is 5. The minimum Gasteiger partial charge on any atom is -0.444 e. The lowest BCUT2D eigenvalue weighted by Gasteiger charge is -2.41. The van der Waals surface area contributed by atoms with Gasteiger partial charge in [0.25, 0.3) is 0 Å². The van der Waals surface area contributed by atoms with E-state index in [1.165, 1.54) is 0 Å². The monoisotopic (exact) mass is 287 g/mol. The number of hydrogen-bond acceptors (Lipinski definition) is 5. The summed E-state index contributed by atoms with van der Waals surface area (Å²) < 4.78 is 5.29. The summed E-state index contributed by atoms with van der Waals surface area (Å²) in [5.41, 5.74) is -1.22. The molecule has 0 aromatic heterocycles. The summed E-state index contributed by atoms with van der Waals surface area (Å²) in [7, 11) is 3.87. The number of carbonyl (C=O) groups excluding carboxylic acids is 1. The number of likely N-dealkylation sites (tertiary alicyclic amines) is 1. The molecule has 20 heavy (non-hydrogen) atoms. The Labute approximate surface area is 122 Å². The second kappa shape index (κ2) is 6.28. The van der Waals surface area contributed by atoms with Gasteiger partial charge in [-0.15, -0.1) is 0 Å². The second-order valence-electron chi connectivity index (χ2n) is 7.20. The molecule has 0 saturated carbocycles. The van der Waals surface area contributed by atoms with Crippen molar-refractivity contribution in [2.24, 2.45) is 0 Å². The van der Waals surface area contributed by atoms with Gasteiger partial charge in [0.05, 0.1) is 5.60 Å². The molecule has 6 heteroatoms. The van der Waals surface area contributed by atoms with E-state index < -0.39 is 11.2 Å². The molecular weight excluding hydrogens is 258 g/mol. The minimum atomic E-state index is -0.768. The van der Waals surface area contributed by atoms with Gasteiger partial charge < -0.3 is 25.0 Å². The molecule has 1 aliphatic heterocycles. The molecule has 0 radical (unpaired) electrons. The first-order valence-electron chi connectivity index (χ1n) is 7.07. The van der Waals surface area contributed by atoms with E-state index in [0.717, 1.165) is 0 Å². The molecule has 0 bridgehead atoms. The third-order valence-corrected chi connectivity index (χ3v) is 2.96. The Kier molecular flexibility index (Phi) is 5.40. The lowest BCUT2D eigenvalue weighted by Crippen LogP contribution is -2.62. The molecule has 0 aromatic carbocycles. The highest BCUT2D eigenvalue weighted by Gasteiger charge is 2.34. The normalized spacial score (nSPS) is 19.7. The lowest BCUT2D eigenvalue weighted by atomic mass is 10.0. The van der Waals surface area contributed by atoms with Crippen LogP contribution in [0.2, 0.25) is 0 Å². The smallest absolute Gasteiger partial charge is 0.410 e. The Bertz CT molecular complexity index is 331. The van der Waals surface area contributed by atoms with Gasteiger partial charge in [0.15, 0.2) is 0 Å². The number of aliphatic hydroxyl groups is 1. The number of nitrogens with zero attached hydrogens (tertiary/aromatic N) is 2. The van der Waals surface area contributed by atoms with Crippen molar-refractivity contribution < 1.29 is 14.6 Å². The van der Waals surface area contributed by atoms with Crippen LogP contribution in [0.3, 0.4) is 0 Å². The Morgan fingerprint density at radius 1 is 1.35 bits per heavy atom. The van der Waals surface area contributed by atoms with Gasteiger partial charge in [-0.3, -0.25) is 0 Å². The van der Waals surface area contributed by atoms with Crippen molar-refractivity contribution in [2.45, 2.75) is 44.9 Å². The fourth-order valence-corrected chi connectivity index (χ4v) is 2.18. The highest BCUT2D eigenvalue weighted by Crippen LogP contribution is 2.15. The van der Waals surface area contributed by atoms with Crippen molar-refractivity contribution in [3.05, 3.63) is 0 Å². The molecule has 1 rings (SSSR count). The zero-order chi connectivity index (χ0) is 15.6. The topological polar surface area (TPSA) is 65.0 Å². The van der Waals surface area contributed by atoms with Gasteiger partial charge in [-0.25, -0.2) is 4.79 Å². The number of likely N-dealkylation sites (N-methyl/N-ethyl adjacent to an activating group) is 1. The zero-order valence-corrected chi connectivity index (χ0v) is 13.6. The summed E-state index contributed by atoms with van der Waals surface area (Å²) in [5.74, 6) is 0. The van der Waals surface area contributed by atoms with Crippen molar-refractivity contribution in [1.29, 1.82) is 0 Å². The van der Waals surface area contributed by atoms with Gasteiger partial charge in [-0.2, -0.15) is 0 Å². The van der Waals surface area contributed by atoms with Crippen molar-refractivity contribution in [3.63, 3.8) is 0 Å². The highest BCUT2D eigenvalue weighted by atomic mass is 16.6. The van der Waals surface area contributed by atoms with Crippen LogP contribution in [-0.2, 0) is 4.74 Å². The van der Waals surface area contributed by atoms with Crippen LogP contribution in [-0.4, -0.2) is 78.5 Å². The number of ether oxygens (including phenoxy) is 1. The molecule has 0 spiro atoms. The number of amides is 1. The van der Waals surface area contributed by atoms with Crippen LogP contribution in [0, 0.1) is 0 Å². The Hall–Kier alpha value is -0.850. The van der Waals surface area contributed by atoms with Gasteiger partial charge in [-0.05, 0) is 41.8 Å². The third kappa shape index (κ3) is 6.07. The van der Waals surface area contributed by atoms with Crippen molar-refractivity contribution in [3.8, 4) is 0 Å². The molecule has 2 N–H and O–H groups in total. The molecule has 118 valence electrons. The summed E-state index contributed by atoms with van der Waals surface area (Å²) in [6, 6.07) is 0.233. The maximum absolute atomic E-state index is 11.8. The van der Waals surface area contributed by atoms with Crippen LogP contribution in [0.25, 0.3) is 0 Å². The van der Waals surface area contributed by atoms with Crippen molar-refractivity contribution >= 4 is 6.09 Å². The summed E-state index contributed by atoms with van der Waals surface area (Å²) in [6.07, 6.45) is -0.268. The average molecular weight is 287 g/mol. The van der Waals surface area contributed by atoms with Crippen LogP contribution in [0.5, 0.6) is 0 Å². The third-order valence-electron chi connectivity index (χ3n) is 2.96. The SMILES string of the molecule is CN(C)CC(C)(O)CNC1CN(C(=O)OC(C)(C)C)C1. The Balaban J connectivity index is 2.24. The van der Waals surface area contributed by atoms with E-state index in [1.807, 2.05) is 46.7 Å². The molecule has 1 fully saturated rings. The molecule has 1 atom stereocenters. The van der Waals surface area contributed by atoms with E-state index >= 15 is 0 Å². The van der Waals surface area contributed by atoms with Crippen LogP contribution < -0.4 is 5.32 Å². The number of carbonyl (C=O) groups is 1. The first kappa shape index (κ1) is 17.2. The van der Waals surface area contributed by atoms with Gasteiger partial charge in [0.2, 0.25) is 0 Å².